The summed E-state index contributed by atoms with van der Waals surface area (Å²) in [5, 5.41) is 14.1. The van der Waals surface area contributed by atoms with Crippen LogP contribution in [-0.4, -0.2) is 42.1 Å². The zero-order valence-electron chi connectivity index (χ0n) is 23.6. The van der Waals surface area contributed by atoms with Crippen molar-refractivity contribution in [2.45, 2.75) is 49.1 Å². The van der Waals surface area contributed by atoms with E-state index in [9.17, 15) is 47.7 Å². The van der Waals surface area contributed by atoms with Crippen molar-refractivity contribution >= 4 is 33.7 Å². The molecule has 0 spiro atoms. The number of benzene rings is 2. The van der Waals surface area contributed by atoms with E-state index < -0.39 is 80.1 Å². The van der Waals surface area contributed by atoms with E-state index in [1.807, 2.05) is 0 Å². The number of carbonyl (C=O) groups is 3. The van der Waals surface area contributed by atoms with Gasteiger partial charge in [0, 0.05) is 17.8 Å². The molecule has 0 aliphatic heterocycles. The quantitative estimate of drug-likeness (QED) is 0.193. The smallest absolute Gasteiger partial charge is 0.313 e. The zero-order chi connectivity index (χ0) is 33.0. The summed E-state index contributed by atoms with van der Waals surface area (Å²) in [7, 11) is -9.20. The molecule has 246 valence electrons. The Morgan fingerprint density at radius 3 is 2.18 bits per heavy atom. The summed E-state index contributed by atoms with van der Waals surface area (Å²) in [5.74, 6) is -8.39. The Hall–Kier alpha value is -3.95. The number of aliphatic carboxylic acids is 1. The maximum Gasteiger partial charge on any atom is 0.313 e. The van der Waals surface area contributed by atoms with Crippen LogP contribution in [0.25, 0.3) is 0 Å². The third kappa shape index (κ3) is 6.84. The molecule has 2 fully saturated rings. The van der Waals surface area contributed by atoms with Crippen molar-refractivity contribution in [1.29, 1.82) is 0 Å². The van der Waals surface area contributed by atoms with Gasteiger partial charge in [-0.3, -0.25) is 14.4 Å². The Labute approximate surface area is 252 Å². The summed E-state index contributed by atoms with van der Waals surface area (Å²) < 4.78 is 106. The molecule has 45 heavy (non-hydrogen) atoms. The van der Waals surface area contributed by atoms with Crippen LogP contribution in [0, 0.1) is 35.3 Å². The number of amides is 2. The molecule has 2 aromatic rings. The van der Waals surface area contributed by atoms with Crippen LogP contribution >= 0.6 is 10.2 Å². The first-order valence-corrected chi connectivity index (χ1v) is 15.9. The molecule has 0 radical (unpaired) electrons. The predicted molar refractivity (Wildman–Crippen MR) is 149 cm³/mol. The van der Waals surface area contributed by atoms with Crippen LogP contribution in [0.1, 0.15) is 42.5 Å². The van der Waals surface area contributed by atoms with Crippen LogP contribution in [0.2, 0.25) is 0 Å². The molecule has 5 rings (SSSR count). The van der Waals surface area contributed by atoms with Gasteiger partial charge in [0.25, 0.3) is 5.91 Å². The maximum absolute atomic E-state index is 14.9. The second kappa shape index (κ2) is 10.8. The number of carbonyl (C=O) groups excluding carboxylic acids is 2. The lowest BCUT2D eigenvalue weighted by Crippen LogP contribution is -2.47. The Balaban J connectivity index is 1.34. The molecule has 2 bridgehead atoms. The minimum absolute atomic E-state index is 0.141. The summed E-state index contributed by atoms with van der Waals surface area (Å²) in [6.45, 7) is 0. The monoisotopic (exact) mass is 666 g/mol. The number of rotatable bonds is 9. The maximum atomic E-state index is 14.9. The largest absolute Gasteiger partial charge is 0.496 e. The molecular formula is C29H29F7N2O6S. The fraction of sp³-hybridized carbons (Fsp3) is 0.414. The van der Waals surface area contributed by atoms with Crippen molar-refractivity contribution in [2.75, 3.05) is 12.4 Å². The Morgan fingerprint density at radius 1 is 0.889 bits per heavy atom. The van der Waals surface area contributed by atoms with Gasteiger partial charge in [0.2, 0.25) is 5.91 Å². The molecule has 0 aromatic heterocycles. The normalized spacial score (nSPS) is 27.3. The first kappa shape index (κ1) is 32.4. The summed E-state index contributed by atoms with van der Waals surface area (Å²) in [6, 6.07) is 1.92. The van der Waals surface area contributed by atoms with Gasteiger partial charge in [-0.1, -0.05) is 31.6 Å². The lowest BCUT2D eigenvalue weighted by Gasteiger charge is -2.40. The zero-order valence-corrected chi connectivity index (χ0v) is 24.4. The Kier molecular flexibility index (Phi) is 7.82. The van der Waals surface area contributed by atoms with E-state index >= 15 is 0 Å². The van der Waals surface area contributed by atoms with Gasteiger partial charge in [-0.05, 0) is 68.2 Å². The van der Waals surface area contributed by atoms with Crippen LogP contribution in [0.3, 0.4) is 0 Å². The topological polar surface area (TPSA) is 114 Å². The van der Waals surface area contributed by atoms with Gasteiger partial charge in [-0.2, -0.15) is 0 Å². The SMILES string of the molecule is COc1cc(F)c(OC2CCC(C(=O)O)CC2)cc1C(=O)NC1C2C=CC(C2)C1C(=O)Nc1ccc(F)c(S(F)(F)(F)(F)F)c1. The van der Waals surface area contributed by atoms with E-state index in [4.69, 9.17) is 9.47 Å². The molecule has 8 nitrogen and oxygen atoms in total. The average molecular weight is 667 g/mol. The fourth-order valence-electron chi connectivity index (χ4n) is 6.29. The number of carboxylic acid groups (broad SMARTS) is 1. The molecule has 3 aliphatic carbocycles. The van der Waals surface area contributed by atoms with E-state index in [2.05, 4.69) is 10.6 Å². The summed E-state index contributed by atoms with van der Waals surface area (Å²) >= 11 is 0. The van der Waals surface area contributed by atoms with Gasteiger partial charge < -0.3 is 25.2 Å². The van der Waals surface area contributed by atoms with E-state index in [0.717, 1.165) is 18.2 Å². The summed E-state index contributed by atoms with van der Waals surface area (Å²) in [5.41, 5.74) is -0.848. The predicted octanol–water partition coefficient (Wildman–Crippen LogP) is 7.21. The van der Waals surface area contributed by atoms with Crippen molar-refractivity contribution in [1.82, 2.24) is 5.32 Å². The number of hydrogen-bond donors (Lipinski definition) is 3. The molecule has 3 N–H and O–H groups in total. The number of allylic oxidation sites excluding steroid dienone is 1. The number of methoxy groups -OCH3 is 1. The second-order valence-electron chi connectivity index (χ2n) is 11.5. The van der Waals surface area contributed by atoms with E-state index in [1.165, 1.54) is 7.11 Å². The van der Waals surface area contributed by atoms with Crippen molar-refractivity contribution in [3.63, 3.8) is 0 Å². The Bertz CT molecular complexity index is 1580. The number of ether oxygens (including phenoxy) is 2. The molecule has 2 amide bonds. The molecule has 3 aliphatic rings. The number of carboxylic acids is 1. The van der Waals surface area contributed by atoms with Crippen molar-refractivity contribution in [2.24, 2.45) is 23.7 Å². The van der Waals surface area contributed by atoms with Crippen LogP contribution in [-0.2, 0) is 9.59 Å². The van der Waals surface area contributed by atoms with Gasteiger partial charge in [0.1, 0.15) is 16.5 Å². The van der Waals surface area contributed by atoms with Crippen molar-refractivity contribution in [3.05, 3.63) is 59.7 Å². The van der Waals surface area contributed by atoms with E-state index in [-0.39, 0.29) is 35.1 Å². The number of anilines is 1. The average Bonchev–Trinajstić information content (AvgIpc) is 3.56. The first-order valence-electron chi connectivity index (χ1n) is 14.0. The third-order valence-electron chi connectivity index (χ3n) is 8.49. The van der Waals surface area contributed by atoms with E-state index in [0.29, 0.717) is 32.1 Å². The van der Waals surface area contributed by atoms with Gasteiger partial charge in [0.15, 0.2) is 11.6 Å². The highest BCUT2D eigenvalue weighted by atomic mass is 32.5. The van der Waals surface area contributed by atoms with Gasteiger partial charge in [0.05, 0.1) is 30.6 Å². The van der Waals surface area contributed by atoms with Gasteiger partial charge >= 0.3 is 16.2 Å². The molecule has 0 saturated heterocycles. The highest BCUT2D eigenvalue weighted by Gasteiger charge is 2.67. The van der Waals surface area contributed by atoms with E-state index in [1.54, 1.807) is 12.2 Å². The number of hydrogen-bond acceptors (Lipinski definition) is 5. The first-order chi connectivity index (χ1) is 20.8. The molecular weight excluding hydrogens is 637 g/mol. The molecule has 2 aromatic carbocycles. The highest BCUT2D eigenvalue weighted by Crippen LogP contribution is 3.02. The third-order valence-corrected chi connectivity index (χ3v) is 9.63. The lowest BCUT2D eigenvalue weighted by molar-refractivity contribution is -0.143. The van der Waals surface area contributed by atoms with Crippen LogP contribution in [0.15, 0.2) is 47.4 Å². The molecule has 16 heteroatoms. The number of nitrogens with one attached hydrogen (secondary N) is 2. The minimum Gasteiger partial charge on any atom is -0.496 e. The second-order valence-corrected chi connectivity index (χ2v) is 13.9. The molecule has 4 unspecified atom stereocenters. The molecule has 0 heterocycles. The summed E-state index contributed by atoms with van der Waals surface area (Å²) in [6.07, 6.45) is 4.76. The minimum atomic E-state index is -10.4. The van der Waals surface area contributed by atoms with Crippen molar-refractivity contribution in [3.8, 4) is 11.5 Å². The van der Waals surface area contributed by atoms with Crippen LogP contribution < -0.4 is 20.1 Å². The van der Waals surface area contributed by atoms with Crippen molar-refractivity contribution < 1.29 is 57.2 Å². The number of halogens is 7. The Morgan fingerprint density at radius 2 is 1.56 bits per heavy atom. The van der Waals surface area contributed by atoms with Crippen LogP contribution in [0.4, 0.5) is 33.9 Å². The fourth-order valence-corrected chi connectivity index (χ4v) is 7.07. The lowest BCUT2D eigenvalue weighted by atomic mass is 9.87. The van der Waals surface area contributed by atoms with Gasteiger partial charge in [-0.25, -0.2) is 8.78 Å². The standard InChI is InChI=1S/C29H29F7N2O6S/c1-43-22-13-21(31)23(44-18-7-4-14(5-8-18)29(41)42)12-19(22)27(39)38-26-16-3-2-15(10-16)25(26)28(40)37-17-6-9-20(30)24(11-17)45(32,33,34,35)36/h2-3,6,9,11-16,18,25-26H,4-5,7-8,10H2,1H3,(H,37,40)(H,38,39)(H,41,42). The van der Waals surface area contributed by atoms with Gasteiger partial charge in [-0.15, -0.1) is 0 Å². The van der Waals surface area contributed by atoms with Crippen LogP contribution in [0.5, 0.6) is 11.5 Å². The molecule has 2 saturated carbocycles. The summed E-state index contributed by atoms with van der Waals surface area (Å²) in [4.78, 5) is 35.2. The molecule has 4 atom stereocenters. The number of fused-ring (bicyclic) bond motifs is 2. The highest BCUT2D eigenvalue weighted by molar-refractivity contribution is 8.45.